The maximum absolute atomic E-state index is 3.37. The van der Waals surface area contributed by atoms with E-state index in [2.05, 4.69) is 54.5 Å². The fourth-order valence-electron chi connectivity index (χ4n) is 3.08. The van der Waals surface area contributed by atoms with Crippen LogP contribution in [0, 0.1) is 5.92 Å². The molecule has 0 saturated carbocycles. The summed E-state index contributed by atoms with van der Waals surface area (Å²) >= 11 is 0. The van der Waals surface area contributed by atoms with Gasteiger partial charge in [-0.3, -0.25) is 4.90 Å². The first-order chi connectivity index (χ1) is 9.28. The van der Waals surface area contributed by atoms with E-state index in [-0.39, 0.29) is 0 Å². The summed E-state index contributed by atoms with van der Waals surface area (Å²) < 4.78 is 0. The molecule has 1 N–H and O–H groups in total. The molecule has 0 bridgehead atoms. The minimum absolute atomic E-state index is 0.658. The zero-order valence-corrected chi connectivity index (χ0v) is 12.4. The van der Waals surface area contributed by atoms with Gasteiger partial charge < -0.3 is 5.32 Å². The molecule has 1 aromatic carbocycles. The van der Waals surface area contributed by atoms with Gasteiger partial charge in [0.15, 0.2) is 0 Å². The van der Waals surface area contributed by atoms with Crippen LogP contribution >= 0.6 is 0 Å². The zero-order chi connectivity index (χ0) is 13.5. The number of rotatable bonds is 5. The molecular formula is C17H28N2. The van der Waals surface area contributed by atoms with E-state index in [9.17, 15) is 0 Å². The van der Waals surface area contributed by atoms with Gasteiger partial charge in [-0.2, -0.15) is 0 Å². The van der Waals surface area contributed by atoms with Crippen LogP contribution in [0.3, 0.4) is 0 Å². The first kappa shape index (κ1) is 14.5. The van der Waals surface area contributed by atoms with Crippen molar-refractivity contribution in [2.45, 2.75) is 45.2 Å². The van der Waals surface area contributed by atoms with Gasteiger partial charge in [0, 0.05) is 12.6 Å². The lowest BCUT2D eigenvalue weighted by Gasteiger charge is -2.21. The highest BCUT2D eigenvalue weighted by atomic mass is 15.1. The second-order valence-electron chi connectivity index (χ2n) is 5.98. The van der Waals surface area contributed by atoms with Crippen LogP contribution in [0.15, 0.2) is 30.3 Å². The number of hydrogen-bond donors (Lipinski definition) is 1. The first-order valence-corrected chi connectivity index (χ1v) is 7.71. The van der Waals surface area contributed by atoms with Crippen molar-refractivity contribution in [2.75, 3.05) is 20.1 Å². The molecule has 2 heteroatoms. The highest BCUT2D eigenvalue weighted by Crippen LogP contribution is 2.23. The molecule has 106 valence electrons. The Bertz CT molecular complexity index is 350. The predicted octanol–water partition coefficient (Wildman–Crippen LogP) is 3.29. The molecule has 1 aromatic rings. The smallest absolute Gasteiger partial charge is 0.0233 e. The van der Waals surface area contributed by atoms with E-state index in [1.807, 2.05) is 0 Å². The Morgan fingerprint density at radius 3 is 2.74 bits per heavy atom. The number of hydrogen-bond acceptors (Lipinski definition) is 2. The average molecular weight is 260 g/mol. The molecule has 2 unspecified atom stereocenters. The lowest BCUT2D eigenvalue weighted by atomic mass is 9.93. The fourth-order valence-corrected chi connectivity index (χ4v) is 3.08. The molecule has 2 atom stereocenters. The largest absolute Gasteiger partial charge is 0.317 e. The van der Waals surface area contributed by atoms with Crippen molar-refractivity contribution in [3.05, 3.63) is 35.9 Å². The molecule has 0 radical (unpaired) electrons. The van der Waals surface area contributed by atoms with Gasteiger partial charge in [-0.1, -0.05) is 30.3 Å². The number of nitrogens with zero attached hydrogens (tertiary/aromatic N) is 1. The third kappa shape index (κ3) is 4.96. The van der Waals surface area contributed by atoms with Crippen molar-refractivity contribution in [2.24, 2.45) is 5.92 Å². The maximum Gasteiger partial charge on any atom is 0.0233 e. The van der Waals surface area contributed by atoms with Crippen molar-refractivity contribution >= 4 is 0 Å². The Kier molecular flexibility index (Phi) is 5.87. The summed E-state index contributed by atoms with van der Waals surface area (Å²) in [6, 6.07) is 11.5. The van der Waals surface area contributed by atoms with Crippen LogP contribution in [0.4, 0.5) is 0 Å². The molecule has 2 rings (SSSR count). The van der Waals surface area contributed by atoms with Crippen LogP contribution in [-0.2, 0) is 6.54 Å². The Balaban J connectivity index is 1.80. The number of nitrogens with one attached hydrogen (secondary N) is 1. The van der Waals surface area contributed by atoms with Crippen LogP contribution in [0.2, 0.25) is 0 Å². The Morgan fingerprint density at radius 2 is 2.00 bits per heavy atom. The van der Waals surface area contributed by atoms with Gasteiger partial charge in [-0.05, 0) is 64.2 Å². The van der Waals surface area contributed by atoms with E-state index in [0.717, 1.165) is 12.5 Å². The normalized spacial score (nSPS) is 22.9. The summed E-state index contributed by atoms with van der Waals surface area (Å²) in [5.41, 5.74) is 1.45. The molecule has 0 aliphatic carbocycles. The first-order valence-electron chi connectivity index (χ1n) is 7.71. The third-order valence-corrected chi connectivity index (χ3v) is 4.37. The van der Waals surface area contributed by atoms with Crippen LogP contribution < -0.4 is 5.32 Å². The average Bonchev–Trinajstić information content (AvgIpc) is 2.65. The molecule has 2 nitrogen and oxygen atoms in total. The molecular weight excluding hydrogens is 232 g/mol. The molecule has 1 aliphatic rings. The van der Waals surface area contributed by atoms with Crippen LogP contribution in [0.1, 0.15) is 38.2 Å². The molecule has 1 heterocycles. The highest BCUT2D eigenvalue weighted by Gasteiger charge is 2.18. The second-order valence-corrected chi connectivity index (χ2v) is 5.98. The second kappa shape index (κ2) is 7.66. The zero-order valence-electron chi connectivity index (χ0n) is 12.4. The molecule has 0 spiro atoms. The molecule has 19 heavy (non-hydrogen) atoms. The Hall–Kier alpha value is -0.860. The summed E-state index contributed by atoms with van der Waals surface area (Å²) in [4.78, 5) is 2.62. The highest BCUT2D eigenvalue weighted by molar-refractivity contribution is 5.14. The fraction of sp³-hybridized carbons (Fsp3) is 0.647. The van der Waals surface area contributed by atoms with E-state index in [0.29, 0.717) is 6.04 Å². The van der Waals surface area contributed by atoms with Gasteiger partial charge in [0.1, 0.15) is 0 Å². The molecule has 1 fully saturated rings. The molecule has 0 amide bonds. The van der Waals surface area contributed by atoms with Gasteiger partial charge in [-0.15, -0.1) is 0 Å². The standard InChI is InChI=1S/C17H28N2/c1-15(18-2)13-16-9-6-11-19(12-10-16)14-17-7-4-3-5-8-17/h3-5,7-8,15-16,18H,6,9-14H2,1-2H3. The van der Waals surface area contributed by atoms with Crippen molar-refractivity contribution < 1.29 is 0 Å². The van der Waals surface area contributed by atoms with Crippen molar-refractivity contribution in [3.63, 3.8) is 0 Å². The summed E-state index contributed by atoms with van der Waals surface area (Å²) in [6.07, 6.45) is 5.44. The van der Waals surface area contributed by atoms with Crippen LogP contribution in [-0.4, -0.2) is 31.1 Å². The quantitative estimate of drug-likeness (QED) is 0.874. The van der Waals surface area contributed by atoms with Crippen molar-refractivity contribution in [3.8, 4) is 0 Å². The Morgan fingerprint density at radius 1 is 1.21 bits per heavy atom. The van der Waals surface area contributed by atoms with Crippen molar-refractivity contribution in [1.82, 2.24) is 10.2 Å². The Labute approximate surface area is 118 Å². The van der Waals surface area contributed by atoms with E-state index < -0.39 is 0 Å². The number of benzene rings is 1. The lowest BCUT2D eigenvalue weighted by molar-refractivity contribution is 0.269. The SMILES string of the molecule is CNC(C)CC1CCCN(Cc2ccccc2)CC1. The third-order valence-electron chi connectivity index (χ3n) is 4.37. The van der Waals surface area contributed by atoms with Crippen LogP contribution in [0.5, 0.6) is 0 Å². The van der Waals surface area contributed by atoms with Crippen molar-refractivity contribution in [1.29, 1.82) is 0 Å². The molecule has 1 saturated heterocycles. The van der Waals surface area contributed by atoms with Gasteiger partial charge >= 0.3 is 0 Å². The summed E-state index contributed by atoms with van der Waals surface area (Å²) in [6.45, 7) is 5.94. The summed E-state index contributed by atoms with van der Waals surface area (Å²) in [7, 11) is 2.07. The van der Waals surface area contributed by atoms with E-state index in [4.69, 9.17) is 0 Å². The lowest BCUT2D eigenvalue weighted by Crippen LogP contribution is -2.26. The minimum Gasteiger partial charge on any atom is -0.317 e. The molecule has 0 aromatic heterocycles. The summed E-state index contributed by atoms with van der Waals surface area (Å²) in [5, 5.41) is 3.37. The molecule has 1 aliphatic heterocycles. The van der Waals surface area contributed by atoms with Gasteiger partial charge in [0.25, 0.3) is 0 Å². The minimum atomic E-state index is 0.658. The van der Waals surface area contributed by atoms with Crippen LogP contribution in [0.25, 0.3) is 0 Å². The van der Waals surface area contributed by atoms with E-state index >= 15 is 0 Å². The predicted molar refractivity (Wildman–Crippen MR) is 82.2 cm³/mol. The van der Waals surface area contributed by atoms with Gasteiger partial charge in [0.2, 0.25) is 0 Å². The van der Waals surface area contributed by atoms with E-state index in [1.165, 1.54) is 44.3 Å². The monoisotopic (exact) mass is 260 g/mol. The summed E-state index contributed by atoms with van der Waals surface area (Å²) in [5.74, 6) is 0.906. The maximum atomic E-state index is 3.37. The number of likely N-dealkylation sites (tertiary alicyclic amines) is 1. The van der Waals surface area contributed by atoms with E-state index in [1.54, 1.807) is 0 Å². The topological polar surface area (TPSA) is 15.3 Å². The van der Waals surface area contributed by atoms with Gasteiger partial charge in [-0.25, -0.2) is 0 Å². The van der Waals surface area contributed by atoms with Gasteiger partial charge in [0.05, 0.1) is 0 Å².